The zero-order valence-electron chi connectivity index (χ0n) is 17.2. The molecule has 11 nitrogen and oxygen atoms in total. The second kappa shape index (κ2) is 7.30. The predicted molar refractivity (Wildman–Crippen MR) is 109 cm³/mol. The number of halogens is 1. The quantitative estimate of drug-likeness (QED) is 0.243. The highest BCUT2D eigenvalue weighted by molar-refractivity contribution is 6.24. The van der Waals surface area contributed by atoms with Crippen molar-refractivity contribution in [1.82, 2.24) is 5.32 Å². The van der Waals surface area contributed by atoms with E-state index in [2.05, 4.69) is 10.6 Å². The van der Waals surface area contributed by atoms with Gasteiger partial charge in [0.25, 0.3) is 5.91 Å². The lowest BCUT2D eigenvalue weighted by molar-refractivity contribution is -0.144. The molecule has 12 heteroatoms. The fourth-order valence-corrected chi connectivity index (χ4v) is 4.92. The van der Waals surface area contributed by atoms with Crippen molar-refractivity contribution in [1.29, 1.82) is 0 Å². The highest BCUT2D eigenvalue weighted by Gasteiger charge is 2.59. The first-order valence-electron chi connectivity index (χ1n) is 9.93. The smallest absolute Gasteiger partial charge is 0.319 e. The number of primary amides is 1. The van der Waals surface area contributed by atoms with Crippen LogP contribution in [0.4, 0.5) is 14.9 Å². The Hall–Kier alpha value is -3.93. The molecule has 0 aliphatic heterocycles. The summed E-state index contributed by atoms with van der Waals surface area (Å²) in [5.74, 6) is -8.99. The number of ketones is 2. The van der Waals surface area contributed by atoms with E-state index in [0.29, 0.717) is 0 Å². The van der Waals surface area contributed by atoms with Crippen LogP contribution in [0.5, 0.6) is 5.75 Å². The van der Waals surface area contributed by atoms with Gasteiger partial charge in [-0.2, -0.15) is 0 Å². The highest BCUT2D eigenvalue weighted by atomic mass is 19.1. The summed E-state index contributed by atoms with van der Waals surface area (Å²) in [4.78, 5) is 49.4. The summed E-state index contributed by atoms with van der Waals surface area (Å²) >= 11 is 0. The van der Waals surface area contributed by atoms with Gasteiger partial charge in [0.1, 0.15) is 22.9 Å². The van der Waals surface area contributed by atoms with E-state index in [4.69, 9.17) is 5.73 Å². The maximum Gasteiger partial charge on any atom is 0.319 e. The molecule has 4 rings (SSSR count). The fraction of sp³-hybridized carbons (Fsp3) is 0.333. The second-order valence-electron chi connectivity index (χ2n) is 8.22. The lowest BCUT2D eigenvalue weighted by atomic mass is 9.60. The van der Waals surface area contributed by atoms with Crippen molar-refractivity contribution >= 4 is 29.2 Å². The minimum Gasteiger partial charge on any atom is -0.511 e. The number of Topliss-reactive ketones (excluding diaryl/α,β-unsaturated/α-hetero) is 2. The van der Waals surface area contributed by atoms with Gasteiger partial charge in [0.05, 0.1) is 11.3 Å². The number of nitrogens with two attached hydrogens (primary N) is 1. The number of hydrogen-bond acceptors (Lipinski definition) is 8. The molecule has 0 aromatic heterocycles. The third-order valence-electron chi connectivity index (χ3n) is 6.48. The standard InChI is InChI=1S/C21H20FN3O8/c1-24-20(32)25-10-5-9(22)8-3-6-2-7-4-11(26)14(19(23)31)18(30)21(7,33)17(29)12(6)16(28)13(8)15(10)27/h5-7,26-27,29,33H,2-4H2,1H3,(H2,23,31)(H2,24,25,32)/t6?,7-,21-/m0/s1. The Morgan fingerprint density at radius 2 is 1.88 bits per heavy atom. The molecular weight excluding hydrogens is 441 g/mol. The number of hydrogen-bond donors (Lipinski definition) is 7. The van der Waals surface area contributed by atoms with E-state index in [1.54, 1.807) is 0 Å². The normalized spacial score (nSPS) is 26.4. The largest absolute Gasteiger partial charge is 0.511 e. The summed E-state index contributed by atoms with van der Waals surface area (Å²) in [6, 6.07) is 0.0588. The number of aromatic hydroxyl groups is 1. The van der Waals surface area contributed by atoms with Crippen molar-refractivity contribution in [2.24, 2.45) is 17.6 Å². The molecule has 0 fully saturated rings. The Morgan fingerprint density at radius 3 is 2.48 bits per heavy atom. The van der Waals surface area contributed by atoms with Gasteiger partial charge in [0, 0.05) is 36.6 Å². The Kier molecular flexibility index (Phi) is 4.93. The van der Waals surface area contributed by atoms with E-state index in [0.717, 1.165) is 6.07 Å². The van der Waals surface area contributed by atoms with Crippen LogP contribution >= 0.6 is 0 Å². The minimum atomic E-state index is -2.71. The van der Waals surface area contributed by atoms with E-state index < -0.39 is 86.4 Å². The van der Waals surface area contributed by atoms with Gasteiger partial charge in [0.15, 0.2) is 17.1 Å². The molecule has 3 aliphatic carbocycles. The molecule has 8 N–H and O–H groups in total. The number of phenols is 1. The maximum atomic E-state index is 14.9. The van der Waals surface area contributed by atoms with Crippen molar-refractivity contribution in [2.45, 2.75) is 24.9 Å². The number of carbonyl (C=O) groups excluding carboxylic acids is 4. The minimum absolute atomic E-state index is 0.110. The van der Waals surface area contributed by atoms with E-state index in [-0.39, 0.29) is 24.8 Å². The van der Waals surface area contributed by atoms with Gasteiger partial charge in [-0.05, 0) is 18.8 Å². The Bertz CT molecular complexity index is 1220. The lowest BCUT2D eigenvalue weighted by Gasteiger charge is -2.45. The van der Waals surface area contributed by atoms with Gasteiger partial charge in [-0.25, -0.2) is 9.18 Å². The molecule has 0 bridgehead atoms. The lowest BCUT2D eigenvalue weighted by Crippen LogP contribution is -2.57. The van der Waals surface area contributed by atoms with E-state index in [9.17, 15) is 44.0 Å². The molecule has 3 aliphatic rings. The number of urea groups is 1. The molecule has 1 unspecified atom stereocenters. The van der Waals surface area contributed by atoms with Gasteiger partial charge in [-0.1, -0.05) is 0 Å². The predicted octanol–water partition coefficient (Wildman–Crippen LogP) is 0.471. The van der Waals surface area contributed by atoms with Crippen molar-refractivity contribution < 1.29 is 44.0 Å². The topological polar surface area (TPSA) is 199 Å². The number of aliphatic hydroxyl groups is 3. The molecular formula is C21H20FN3O8. The van der Waals surface area contributed by atoms with E-state index in [1.807, 2.05) is 0 Å². The van der Waals surface area contributed by atoms with Crippen LogP contribution in [0.25, 0.3) is 0 Å². The van der Waals surface area contributed by atoms with Crippen LogP contribution in [-0.4, -0.2) is 56.6 Å². The van der Waals surface area contributed by atoms with E-state index in [1.165, 1.54) is 7.05 Å². The molecule has 0 saturated heterocycles. The van der Waals surface area contributed by atoms with Crippen molar-refractivity contribution in [3.05, 3.63) is 45.7 Å². The summed E-state index contributed by atoms with van der Waals surface area (Å²) < 4.78 is 14.9. The van der Waals surface area contributed by atoms with Crippen LogP contribution in [0.3, 0.4) is 0 Å². The van der Waals surface area contributed by atoms with Gasteiger partial charge in [0.2, 0.25) is 5.78 Å². The van der Waals surface area contributed by atoms with Gasteiger partial charge >= 0.3 is 6.03 Å². The van der Waals surface area contributed by atoms with Crippen LogP contribution in [-0.2, 0) is 16.0 Å². The summed E-state index contributed by atoms with van der Waals surface area (Å²) in [5.41, 5.74) is 0.0309. The highest BCUT2D eigenvalue weighted by Crippen LogP contribution is 2.52. The number of carbonyl (C=O) groups is 4. The summed E-state index contributed by atoms with van der Waals surface area (Å²) in [6.07, 6.45) is -0.659. The molecule has 0 heterocycles. The molecule has 0 saturated carbocycles. The van der Waals surface area contributed by atoms with Crippen LogP contribution in [0.15, 0.2) is 28.7 Å². The van der Waals surface area contributed by atoms with Gasteiger partial charge < -0.3 is 36.8 Å². The number of amides is 3. The van der Waals surface area contributed by atoms with Gasteiger partial charge in [-0.15, -0.1) is 0 Å². The zero-order chi connectivity index (χ0) is 24.4. The number of fused-ring (bicyclic) bond motifs is 3. The summed E-state index contributed by atoms with van der Waals surface area (Å²) in [6.45, 7) is 0. The van der Waals surface area contributed by atoms with Crippen molar-refractivity contribution in [3.63, 3.8) is 0 Å². The molecule has 0 radical (unpaired) electrons. The maximum absolute atomic E-state index is 14.9. The molecule has 3 amide bonds. The first-order chi connectivity index (χ1) is 15.4. The monoisotopic (exact) mass is 461 g/mol. The zero-order valence-corrected chi connectivity index (χ0v) is 17.2. The Morgan fingerprint density at radius 1 is 1.21 bits per heavy atom. The van der Waals surface area contributed by atoms with Crippen LogP contribution in [0.1, 0.15) is 28.8 Å². The Balaban J connectivity index is 1.88. The first-order valence-corrected chi connectivity index (χ1v) is 9.93. The molecule has 174 valence electrons. The molecule has 3 atom stereocenters. The molecule has 1 aromatic rings. The number of anilines is 1. The number of aliphatic hydroxyl groups excluding tert-OH is 2. The average Bonchev–Trinajstić information content (AvgIpc) is 2.73. The SMILES string of the molecule is CNC(=O)Nc1cc(F)c2c(c1O)C(=O)C1=C(O)[C@]3(O)C(=O)C(C(N)=O)=C(O)C[C@@H]3CC1C2. The first kappa shape index (κ1) is 22.3. The number of phenolic OH excluding ortho intramolecular Hbond substituents is 1. The fourth-order valence-electron chi connectivity index (χ4n) is 4.92. The molecule has 0 spiro atoms. The number of allylic oxidation sites excluding steroid dienone is 2. The Labute approximate surface area is 185 Å². The average molecular weight is 461 g/mol. The third-order valence-corrected chi connectivity index (χ3v) is 6.48. The van der Waals surface area contributed by atoms with Crippen LogP contribution < -0.4 is 16.4 Å². The summed E-state index contributed by atoms with van der Waals surface area (Å²) in [5, 5.41) is 47.1. The van der Waals surface area contributed by atoms with Gasteiger partial charge in [-0.3, -0.25) is 14.4 Å². The summed E-state index contributed by atoms with van der Waals surface area (Å²) in [7, 11) is 1.28. The second-order valence-corrected chi connectivity index (χ2v) is 8.22. The number of nitrogens with one attached hydrogen (secondary N) is 2. The van der Waals surface area contributed by atoms with Crippen molar-refractivity contribution in [3.8, 4) is 5.75 Å². The molecule has 1 aromatic carbocycles. The van der Waals surface area contributed by atoms with E-state index >= 15 is 0 Å². The number of benzene rings is 1. The van der Waals surface area contributed by atoms with Crippen molar-refractivity contribution in [2.75, 3.05) is 12.4 Å². The van der Waals surface area contributed by atoms with Crippen LogP contribution in [0, 0.1) is 17.7 Å². The number of rotatable bonds is 2. The third kappa shape index (κ3) is 2.98. The molecule has 33 heavy (non-hydrogen) atoms. The van der Waals surface area contributed by atoms with Crippen LogP contribution in [0.2, 0.25) is 0 Å².